The van der Waals surface area contributed by atoms with Crippen LogP contribution in [0.3, 0.4) is 0 Å². The number of nitrogens with one attached hydrogen (secondary N) is 1. The van der Waals surface area contributed by atoms with Gasteiger partial charge in [-0.3, -0.25) is 4.79 Å². The number of anilines is 1. The zero-order chi connectivity index (χ0) is 17.8. The average Bonchev–Trinajstić information content (AvgIpc) is 2.62. The van der Waals surface area contributed by atoms with Crippen molar-refractivity contribution in [2.24, 2.45) is 0 Å². The Bertz CT molecular complexity index is 757. The van der Waals surface area contributed by atoms with Gasteiger partial charge in [0, 0.05) is 30.9 Å². The van der Waals surface area contributed by atoms with Crippen LogP contribution in [-0.4, -0.2) is 35.1 Å². The molecule has 4 nitrogen and oxygen atoms in total. The van der Waals surface area contributed by atoms with Gasteiger partial charge in [-0.15, -0.1) is 0 Å². The Morgan fingerprint density at radius 3 is 2.88 bits per heavy atom. The number of hydrogen-bond donors (Lipinski definition) is 2. The average molecular weight is 338 g/mol. The van der Waals surface area contributed by atoms with Crippen LogP contribution in [0.2, 0.25) is 0 Å². The number of likely N-dealkylation sites (tertiary alicyclic amines) is 1. The lowest BCUT2D eigenvalue weighted by atomic mass is 10.1. The summed E-state index contributed by atoms with van der Waals surface area (Å²) in [5, 5.41) is 13.2. The Morgan fingerprint density at radius 2 is 2.08 bits per heavy atom. The predicted molar refractivity (Wildman–Crippen MR) is 101 cm³/mol. The number of β-amino-alcohol motifs (C(OH)–C–C–N with tert-alkyl or cyclic N) is 1. The van der Waals surface area contributed by atoms with Crippen LogP contribution in [0.5, 0.6) is 0 Å². The quantitative estimate of drug-likeness (QED) is 0.897. The van der Waals surface area contributed by atoms with E-state index in [-0.39, 0.29) is 5.91 Å². The Kier molecular flexibility index (Phi) is 5.39. The smallest absolute Gasteiger partial charge is 0.254 e. The molecule has 0 bridgehead atoms. The van der Waals surface area contributed by atoms with Crippen LogP contribution in [0, 0.1) is 13.8 Å². The van der Waals surface area contributed by atoms with Crippen LogP contribution in [0.25, 0.3) is 0 Å². The zero-order valence-electron chi connectivity index (χ0n) is 15.0. The minimum Gasteiger partial charge on any atom is -0.391 e. The van der Waals surface area contributed by atoms with Gasteiger partial charge in [0.15, 0.2) is 0 Å². The maximum absolute atomic E-state index is 12.7. The minimum absolute atomic E-state index is 0.00543. The van der Waals surface area contributed by atoms with E-state index in [4.69, 9.17) is 0 Å². The molecule has 0 spiro atoms. The van der Waals surface area contributed by atoms with Gasteiger partial charge in [-0.25, -0.2) is 0 Å². The molecule has 1 fully saturated rings. The molecule has 0 aromatic heterocycles. The van der Waals surface area contributed by atoms with Crippen LogP contribution in [0.4, 0.5) is 5.69 Å². The van der Waals surface area contributed by atoms with Crippen molar-refractivity contribution in [3.8, 4) is 0 Å². The number of carbonyl (C=O) groups excluding carboxylic acids is 1. The molecule has 1 aliphatic heterocycles. The highest BCUT2D eigenvalue weighted by molar-refractivity contribution is 5.95. The van der Waals surface area contributed by atoms with Crippen molar-refractivity contribution in [1.29, 1.82) is 0 Å². The second-order valence-corrected chi connectivity index (χ2v) is 6.91. The van der Waals surface area contributed by atoms with Crippen LogP contribution in [0.1, 0.15) is 39.9 Å². The first kappa shape index (κ1) is 17.5. The normalized spacial score (nSPS) is 17.4. The van der Waals surface area contributed by atoms with E-state index >= 15 is 0 Å². The largest absolute Gasteiger partial charge is 0.391 e. The molecule has 1 saturated heterocycles. The molecule has 0 radical (unpaired) electrons. The van der Waals surface area contributed by atoms with Gasteiger partial charge in [0.05, 0.1) is 6.10 Å². The number of piperidine rings is 1. The van der Waals surface area contributed by atoms with E-state index < -0.39 is 6.10 Å². The van der Waals surface area contributed by atoms with E-state index in [0.29, 0.717) is 12.1 Å². The lowest BCUT2D eigenvalue weighted by Gasteiger charge is -2.30. The summed E-state index contributed by atoms with van der Waals surface area (Å²) in [6.45, 7) is 6.08. The van der Waals surface area contributed by atoms with Gasteiger partial charge in [0.1, 0.15) is 0 Å². The summed E-state index contributed by atoms with van der Waals surface area (Å²) in [5.74, 6) is -0.00543. The SMILES string of the molecule is Cc1ccc(C)c(CNc2cccc(C(=O)N3CCCC(O)C3)c2)c1. The molecule has 3 rings (SSSR count). The first-order chi connectivity index (χ1) is 12.0. The molecular weight excluding hydrogens is 312 g/mol. The van der Waals surface area contributed by atoms with Gasteiger partial charge in [-0.1, -0.05) is 29.8 Å². The number of rotatable bonds is 4. The molecule has 1 amide bonds. The van der Waals surface area contributed by atoms with E-state index in [1.54, 1.807) is 4.90 Å². The summed E-state index contributed by atoms with van der Waals surface area (Å²) in [7, 11) is 0. The van der Waals surface area contributed by atoms with Gasteiger partial charge in [-0.05, 0) is 56.0 Å². The number of aryl methyl sites for hydroxylation is 2. The molecule has 2 aromatic carbocycles. The highest BCUT2D eigenvalue weighted by Crippen LogP contribution is 2.18. The molecule has 0 aliphatic carbocycles. The van der Waals surface area contributed by atoms with Gasteiger partial charge in [0.25, 0.3) is 5.91 Å². The van der Waals surface area contributed by atoms with Crippen molar-refractivity contribution in [2.75, 3.05) is 18.4 Å². The molecule has 1 aliphatic rings. The van der Waals surface area contributed by atoms with Crippen molar-refractivity contribution < 1.29 is 9.90 Å². The summed E-state index contributed by atoms with van der Waals surface area (Å²) >= 11 is 0. The van der Waals surface area contributed by atoms with Gasteiger partial charge < -0.3 is 15.3 Å². The third-order valence-corrected chi connectivity index (χ3v) is 4.78. The van der Waals surface area contributed by atoms with E-state index in [1.165, 1.54) is 16.7 Å². The molecule has 2 N–H and O–H groups in total. The molecule has 1 heterocycles. The molecule has 1 atom stereocenters. The van der Waals surface area contributed by atoms with E-state index in [2.05, 4.69) is 37.4 Å². The lowest BCUT2D eigenvalue weighted by molar-refractivity contribution is 0.0474. The summed E-state index contributed by atoms with van der Waals surface area (Å²) in [6.07, 6.45) is 1.24. The molecular formula is C21H26N2O2. The second kappa shape index (κ2) is 7.70. The highest BCUT2D eigenvalue weighted by atomic mass is 16.3. The van der Waals surface area contributed by atoms with Crippen LogP contribution in [-0.2, 0) is 6.54 Å². The fourth-order valence-corrected chi connectivity index (χ4v) is 3.27. The number of amides is 1. The molecule has 132 valence electrons. The second-order valence-electron chi connectivity index (χ2n) is 6.91. The van der Waals surface area contributed by atoms with Crippen molar-refractivity contribution >= 4 is 11.6 Å². The van der Waals surface area contributed by atoms with E-state index in [1.807, 2.05) is 24.3 Å². The maximum Gasteiger partial charge on any atom is 0.254 e. The topological polar surface area (TPSA) is 52.6 Å². The summed E-state index contributed by atoms with van der Waals surface area (Å²) in [5.41, 5.74) is 5.36. The predicted octanol–water partition coefficient (Wildman–Crippen LogP) is 3.51. The number of hydrogen-bond acceptors (Lipinski definition) is 3. The summed E-state index contributed by atoms with van der Waals surface area (Å²) < 4.78 is 0. The molecule has 4 heteroatoms. The Balaban J connectivity index is 1.69. The summed E-state index contributed by atoms with van der Waals surface area (Å²) in [6, 6.07) is 14.1. The number of aliphatic hydroxyl groups excluding tert-OH is 1. The fraction of sp³-hybridized carbons (Fsp3) is 0.381. The third kappa shape index (κ3) is 4.40. The molecule has 1 unspecified atom stereocenters. The van der Waals surface area contributed by atoms with Crippen LogP contribution >= 0.6 is 0 Å². The number of aliphatic hydroxyl groups is 1. The van der Waals surface area contributed by atoms with Crippen LogP contribution in [0.15, 0.2) is 42.5 Å². The fourth-order valence-electron chi connectivity index (χ4n) is 3.27. The standard InChI is InChI=1S/C21H26N2O2/c1-15-8-9-16(2)18(11-15)13-22-19-6-3-5-17(12-19)21(25)23-10-4-7-20(24)14-23/h3,5-6,8-9,11-12,20,22,24H,4,7,10,13-14H2,1-2H3. The monoisotopic (exact) mass is 338 g/mol. The Labute approximate surface area is 149 Å². The molecule has 2 aromatic rings. The Hall–Kier alpha value is -2.33. The van der Waals surface area contributed by atoms with Gasteiger partial charge >= 0.3 is 0 Å². The van der Waals surface area contributed by atoms with Crippen LogP contribution < -0.4 is 5.32 Å². The van der Waals surface area contributed by atoms with Crippen molar-refractivity contribution in [3.05, 3.63) is 64.7 Å². The van der Waals surface area contributed by atoms with E-state index in [0.717, 1.165) is 31.6 Å². The highest BCUT2D eigenvalue weighted by Gasteiger charge is 2.23. The first-order valence-electron chi connectivity index (χ1n) is 8.90. The number of nitrogens with zero attached hydrogens (tertiary/aromatic N) is 1. The number of benzene rings is 2. The lowest BCUT2D eigenvalue weighted by Crippen LogP contribution is -2.42. The van der Waals surface area contributed by atoms with Crippen molar-refractivity contribution in [1.82, 2.24) is 4.90 Å². The Morgan fingerprint density at radius 1 is 1.24 bits per heavy atom. The van der Waals surface area contributed by atoms with Crippen molar-refractivity contribution in [3.63, 3.8) is 0 Å². The molecule has 0 saturated carbocycles. The maximum atomic E-state index is 12.7. The number of carbonyl (C=O) groups is 1. The van der Waals surface area contributed by atoms with E-state index in [9.17, 15) is 9.90 Å². The van der Waals surface area contributed by atoms with Crippen molar-refractivity contribution in [2.45, 2.75) is 39.3 Å². The summed E-state index contributed by atoms with van der Waals surface area (Å²) in [4.78, 5) is 14.4. The zero-order valence-corrected chi connectivity index (χ0v) is 15.0. The van der Waals surface area contributed by atoms with Gasteiger partial charge in [0.2, 0.25) is 0 Å². The molecule has 25 heavy (non-hydrogen) atoms. The minimum atomic E-state index is -0.400. The third-order valence-electron chi connectivity index (χ3n) is 4.78. The van der Waals surface area contributed by atoms with Gasteiger partial charge in [-0.2, -0.15) is 0 Å². The first-order valence-corrected chi connectivity index (χ1v) is 8.90.